The number of carbonyl (C=O) groups is 2. The van der Waals surface area contributed by atoms with E-state index in [4.69, 9.17) is 4.74 Å². The largest absolute Gasteiger partial charge is 0.384 e. The van der Waals surface area contributed by atoms with Gasteiger partial charge in [0, 0.05) is 38.9 Å². The van der Waals surface area contributed by atoms with Crippen LogP contribution in [-0.4, -0.2) is 74.6 Å². The van der Waals surface area contributed by atoms with Gasteiger partial charge < -0.3 is 19.9 Å². The Kier molecular flexibility index (Phi) is 8.28. The van der Waals surface area contributed by atoms with Gasteiger partial charge in [0.25, 0.3) is 5.91 Å². The lowest BCUT2D eigenvalue weighted by molar-refractivity contribution is -0.147. The second-order valence-corrected chi connectivity index (χ2v) is 7.77. The van der Waals surface area contributed by atoms with E-state index < -0.39 is 5.41 Å². The number of hydrogen-bond donors (Lipinski definition) is 1. The molecule has 0 aliphatic carbocycles. The summed E-state index contributed by atoms with van der Waals surface area (Å²) < 4.78 is 5.42. The summed E-state index contributed by atoms with van der Waals surface area (Å²) in [7, 11) is 1.67. The minimum absolute atomic E-state index is 0. The minimum atomic E-state index is -0.421. The molecule has 2 amide bonds. The van der Waals surface area contributed by atoms with Crippen molar-refractivity contribution in [2.75, 3.05) is 53.0 Å². The van der Waals surface area contributed by atoms with Crippen LogP contribution in [0.4, 0.5) is 0 Å². The molecule has 2 aliphatic heterocycles. The fourth-order valence-electron chi connectivity index (χ4n) is 4.22. The molecule has 7 heteroatoms. The van der Waals surface area contributed by atoms with Gasteiger partial charge in [0.1, 0.15) is 0 Å². The zero-order valence-corrected chi connectivity index (χ0v) is 17.7. The van der Waals surface area contributed by atoms with Crippen molar-refractivity contribution in [1.29, 1.82) is 0 Å². The van der Waals surface area contributed by atoms with Crippen LogP contribution in [0, 0.1) is 12.3 Å². The number of amides is 2. The molecule has 0 atom stereocenters. The Morgan fingerprint density at radius 1 is 1.11 bits per heavy atom. The van der Waals surface area contributed by atoms with E-state index in [2.05, 4.69) is 5.32 Å². The first-order valence-corrected chi connectivity index (χ1v) is 9.91. The van der Waals surface area contributed by atoms with E-state index in [1.807, 2.05) is 41.0 Å². The number of aryl methyl sites for hydroxylation is 1. The van der Waals surface area contributed by atoms with Crippen molar-refractivity contribution in [3.05, 3.63) is 35.4 Å². The second-order valence-electron chi connectivity index (χ2n) is 7.77. The van der Waals surface area contributed by atoms with Crippen LogP contribution in [-0.2, 0) is 9.53 Å². The predicted molar refractivity (Wildman–Crippen MR) is 112 cm³/mol. The first-order valence-electron chi connectivity index (χ1n) is 9.91. The number of hydrogen-bond acceptors (Lipinski definition) is 4. The monoisotopic (exact) mass is 409 g/mol. The fourth-order valence-corrected chi connectivity index (χ4v) is 4.22. The number of halogens is 1. The number of carbonyl (C=O) groups excluding carboxylic acids is 2. The molecule has 28 heavy (non-hydrogen) atoms. The van der Waals surface area contributed by atoms with E-state index >= 15 is 0 Å². The maximum Gasteiger partial charge on any atom is 0.253 e. The first-order chi connectivity index (χ1) is 13.1. The molecule has 1 N–H and O–H groups in total. The van der Waals surface area contributed by atoms with Gasteiger partial charge >= 0.3 is 0 Å². The molecule has 1 aromatic carbocycles. The third-order valence-corrected chi connectivity index (χ3v) is 5.77. The van der Waals surface area contributed by atoms with Gasteiger partial charge in [0.2, 0.25) is 5.91 Å². The smallest absolute Gasteiger partial charge is 0.253 e. The summed E-state index contributed by atoms with van der Waals surface area (Å²) in [5.41, 5.74) is 1.39. The zero-order valence-electron chi connectivity index (χ0n) is 16.9. The van der Waals surface area contributed by atoms with E-state index in [-0.39, 0.29) is 24.2 Å². The Hall–Kier alpha value is -1.63. The minimum Gasteiger partial charge on any atom is -0.384 e. The van der Waals surface area contributed by atoms with Crippen LogP contribution >= 0.6 is 12.4 Å². The Bertz CT molecular complexity index is 671. The summed E-state index contributed by atoms with van der Waals surface area (Å²) in [5.74, 6) is 0.247. The Balaban J connectivity index is 0.00000280. The molecule has 0 aromatic heterocycles. The summed E-state index contributed by atoms with van der Waals surface area (Å²) in [6.07, 6.45) is 2.43. The average Bonchev–Trinajstić information content (AvgIpc) is 2.94. The Labute approximate surface area is 174 Å². The number of methoxy groups -OCH3 is 1. The number of nitrogens with one attached hydrogen (secondary N) is 1. The first kappa shape index (κ1) is 22.7. The number of piperidine rings is 1. The molecule has 0 bridgehead atoms. The van der Waals surface area contributed by atoms with Crippen molar-refractivity contribution in [1.82, 2.24) is 15.1 Å². The molecule has 1 aromatic rings. The molecule has 2 saturated heterocycles. The molecule has 0 saturated carbocycles. The maximum absolute atomic E-state index is 13.3. The van der Waals surface area contributed by atoms with Crippen LogP contribution < -0.4 is 5.32 Å². The maximum atomic E-state index is 13.3. The van der Waals surface area contributed by atoms with Gasteiger partial charge in [-0.25, -0.2) is 0 Å². The Morgan fingerprint density at radius 3 is 2.46 bits per heavy atom. The number of nitrogens with zero attached hydrogens (tertiary/aromatic N) is 2. The Morgan fingerprint density at radius 2 is 1.79 bits per heavy atom. The highest BCUT2D eigenvalue weighted by Gasteiger charge is 2.42. The highest BCUT2D eigenvalue weighted by atomic mass is 35.5. The van der Waals surface area contributed by atoms with E-state index in [1.165, 1.54) is 0 Å². The molecule has 0 spiro atoms. The van der Waals surface area contributed by atoms with Gasteiger partial charge in [-0.05, 0) is 51.4 Å². The van der Waals surface area contributed by atoms with E-state index in [1.54, 1.807) is 7.11 Å². The van der Waals surface area contributed by atoms with Crippen LogP contribution in [0.3, 0.4) is 0 Å². The van der Waals surface area contributed by atoms with Gasteiger partial charge in [-0.3, -0.25) is 9.59 Å². The van der Waals surface area contributed by atoms with Crippen molar-refractivity contribution in [3.63, 3.8) is 0 Å². The van der Waals surface area contributed by atoms with Crippen molar-refractivity contribution >= 4 is 24.2 Å². The van der Waals surface area contributed by atoms with Gasteiger partial charge in [0.05, 0.1) is 12.0 Å². The number of rotatable bonds is 4. The molecule has 2 heterocycles. The van der Waals surface area contributed by atoms with Crippen LogP contribution in [0.15, 0.2) is 24.3 Å². The molecular weight excluding hydrogens is 378 g/mol. The molecular formula is C21H32ClN3O3. The van der Waals surface area contributed by atoms with Gasteiger partial charge in [-0.1, -0.05) is 17.7 Å². The second kappa shape index (κ2) is 10.2. The molecule has 2 aliphatic rings. The lowest BCUT2D eigenvalue weighted by atomic mass is 9.78. The van der Waals surface area contributed by atoms with Gasteiger partial charge in [-0.2, -0.15) is 0 Å². The standard InChI is InChI=1S/C21H31N3O3.ClH/c1-17-5-3-6-18(15-17)19(25)23-11-4-12-24(14-13-23)20(26)21(16-27-2)7-9-22-10-8-21;/h3,5-6,15,22H,4,7-14,16H2,1-2H3;1H. The van der Waals surface area contributed by atoms with Crippen molar-refractivity contribution in [3.8, 4) is 0 Å². The van der Waals surface area contributed by atoms with Crippen molar-refractivity contribution in [2.45, 2.75) is 26.2 Å². The van der Waals surface area contributed by atoms with Gasteiger partial charge in [0.15, 0.2) is 0 Å². The normalized spacial score (nSPS) is 19.5. The van der Waals surface area contributed by atoms with E-state index in [9.17, 15) is 9.59 Å². The quantitative estimate of drug-likeness (QED) is 0.827. The SMILES string of the molecule is COCC1(C(=O)N2CCCN(C(=O)c3cccc(C)c3)CC2)CCNCC1.Cl. The van der Waals surface area contributed by atoms with Crippen LogP contribution in [0.1, 0.15) is 35.2 Å². The topological polar surface area (TPSA) is 61.9 Å². The van der Waals surface area contributed by atoms with E-state index in [0.717, 1.165) is 43.5 Å². The fraction of sp³-hybridized carbons (Fsp3) is 0.619. The summed E-state index contributed by atoms with van der Waals surface area (Å²) >= 11 is 0. The van der Waals surface area contributed by atoms with Crippen molar-refractivity contribution in [2.24, 2.45) is 5.41 Å². The van der Waals surface area contributed by atoms with Crippen LogP contribution in [0.25, 0.3) is 0 Å². The van der Waals surface area contributed by atoms with E-state index in [0.29, 0.717) is 32.8 Å². The molecule has 6 nitrogen and oxygen atoms in total. The zero-order chi connectivity index (χ0) is 19.3. The summed E-state index contributed by atoms with van der Waals surface area (Å²) in [4.78, 5) is 30.0. The lowest BCUT2D eigenvalue weighted by Gasteiger charge is -2.39. The van der Waals surface area contributed by atoms with Gasteiger partial charge in [-0.15, -0.1) is 12.4 Å². The highest BCUT2D eigenvalue weighted by molar-refractivity contribution is 5.94. The summed E-state index contributed by atoms with van der Waals surface area (Å²) in [6.45, 7) is 6.73. The number of ether oxygens (including phenoxy) is 1. The van der Waals surface area contributed by atoms with Crippen LogP contribution in [0.5, 0.6) is 0 Å². The molecule has 3 rings (SSSR count). The highest BCUT2D eigenvalue weighted by Crippen LogP contribution is 2.32. The third kappa shape index (κ3) is 5.04. The molecule has 0 unspecified atom stereocenters. The third-order valence-electron chi connectivity index (χ3n) is 5.77. The summed E-state index contributed by atoms with van der Waals surface area (Å²) in [6, 6.07) is 7.71. The number of benzene rings is 1. The average molecular weight is 410 g/mol. The molecule has 2 fully saturated rings. The molecule has 0 radical (unpaired) electrons. The van der Waals surface area contributed by atoms with Crippen molar-refractivity contribution < 1.29 is 14.3 Å². The summed E-state index contributed by atoms with van der Waals surface area (Å²) in [5, 5.41) is 3.33. The molecule has 156 valence electrons. The van der Waals surface area contributed by atoms with Crippen LogP contribution in [0.2, 0.25) is 0 Å². The predicted octanol–water partition coefficient (Wildman–Crippen LogP) is 2.11. The lowest BCUT2D eigenvalue weighted by Crippen LogP contribution is -2.52.